The minimum absolute atomic E-state index is 0.0406. The molecule has 0 heterocycles. The van der Waals surface area contributed by atoms with Crippen LogP contribution in [-0.2, 0) is 11.2 Å². The predicted molar refractivity (Wildman–Crippen MR) is 65.6 cm³/mol. The van der Waals surface area contributed by atoms with Crippen LogP contribution in [0.15, 0.2) is 35.3 Å². The molecule has 0 bridgehead atoms. The SMILES string of the molecule is C=C(Br)CNC(=O)Cc1cccc(N)c1. The first-order valence-electron chi connectivity index (χ1n) is 4.52. The van der Waals surface area contributed by atoms with Crippen LogP contribution < -0.4 is 11.1 Å². The average molecular weight is 269 g/mol. The second-order valence-electron chi connectivity index (χ2n) is 3.22. The lowest BCUT2D eigenvalue weighted by molar-refractivity contribution is -0.120. The highest BCUT2D eigenvalue weighted by Gasteiger charge is 2.02. The third-order valence-electron chi connectivity index (χ3n) is 1.79. The van der Waals surface area contributed by atoms with Gasteiger partial charge in [0, 0.05) is 16.7 Å². The molecule has 0 fully saturated rings. The van der Waals surface area contributed by atoms with Crippen LogP contribution in [0.4, 0.5) is 5.69 Å². The fraction of sp³-hybridized carbons (Fsp3) is 0.182. The summed E-state index contributed by atoms with van der Waals surface area (Å²) in [6.45, 7) is 4.08. The molecule has 0 aromatic heterocycles. The van der Waals surface area contributed by atoms with Crippen molar-refractivity contribution in [1.29, 1.82) is 0 Å². The van der Waals surface area contributed by atoms with Crippen molar-refractivity contribution < 1.29 is 4.79 Å². The maximum atomic E-state index is 11.4. The van der Waals surface area contributed by atoms with Gasteiger partial charge in [0.05, 0.1) is 6.42 Å². The highest BCUT2D eigenvalue weighted by Crippen LogP contribution is 2.07. The summed E-state index contributed by atoms with van der Waals surface area (Å²) in [5.41, 5.74) is 7.18. The summed E-state index contributed by atoms with van der Waals surface area (Å²) in [5.74, 6) is -0.0406. The van der Waals surface area contributed by atoms with Gasteiger partial charge in [0.2, 0.25) is 5.91 Å². The van der Waals surface area contributed by atoms with E-state index in [0.717, 1.165) is 10.0 Å². The van der Waals surface area contributed by atoms with Crippen molar-refractivity contribution >= 4 is 27.5 Å². The molecule has 0 aliphatic heterocycles. The van der Waals surface area contributed by atoms with E-state index in [1.54, 1.807) is 12.1 Å². The van der Waals surface area contributed by atoms with Gasteiger partial charge in [-0.15, -0.1) is 0 Å². The van der Waals surface area contributed by atoms with Crippen molar-refractivity contribution in [3.05, 3.63) is 40.9 Å². The van der Waals surface area contributed by atoms with Crippen LogP contribution in [0.2, 0.25) is 0 Å². The van der Waals surface area contributed by atoms with Crippen molar-refractivity contribution in [3.63, 3.8) is 0 Å². The number of nitrogens with two attached hydrogens (primary N) is 1. The average Bonchev–Trinajstić information content (AvgIpc) is 2.15. The Bertz CT molecular complexity index is 377. The summed E-state index contributed by atoms with van der Waals surface area (Å²) in [5, 5.41) is 2.72. The first kappa shape index (κ1) is 11.8. The summed E-state index contributed by atoms with van der Waals surface area (Å²) < 4.78 is 0.753. The van der Waals surface area contributed by atoms with Gasteiger partial charge in [-0.2, -0.15) is 0 Å². The Labute approximate surface area is 97.5 Å². The van der Waals surface area contributed by atoms with Gasteiger partial charge in [-0.05, 0) is 17.7 Å². The van der Waals surface area contributed by atoms with E-state index >= 15 is 0 Å². The molecule has 15 heavy (non-hydrogen) atoms. The van der Waals surface area contributed by atoms with E-state index in [2.05, 4.69) is 27.8 Å². The zero-order chi connectivity index (χ0) is 11.3. The molecule has 4 heteroatoms. The van der Waals surface area contributed by atoms with Crippen molar-refractivity contribution in [3.8, 4) is 0 Å². The molecule has 1 amide bonds. The summed E-state index contributed by atoms with van der Waals surface area (Å²) in [7, 11) is 0. The Kier molecular flexibility index (Phi) is 4.37. The fourth-order valence-electron chi connectivity index (χ4n) is 1.15. The van der Waals surface area contributed by atoms with Crippen molar-refractivity contribution in [2.24, 2.45) is 0 Å². The minimum atomic E-state index is -0.0406. The Morgan fingerprint density at radius 1 is 1.53 bits per heavy atom. The molecule has 0 saturated heterocycles. The van der Waals surface area contributed by atoms with Crippen LogP contribution in [0.1, 0.15) is 5.56 Å². The van der Waals surface area contributed by atoms with Gasteiger partial charge < -0.3 is 11.1 Å². The Morgan fingerprint density at radius 2 is 2.27 bits per heavy atom. The van der Waals surface area contributed by atoms with Gasteiger partial charge in [0.25, 0.3) is 0 Å². The molecule has 1 aromatic rings. The molecule has 0 radical (unpaired) electrons. The summed E-state index contributed by atoms with van der Waals surface area (Å²) >= 11 is 3.17. The number of hydrogen-bond acceptors (Lipinski definition) is 2. The molecule has 0 saturated carbocycles. The number of halogens is 1. The summed E-state index contributed by atoms with van der Waals surface area (Å²) in [4.78, 5) is 11.4. The van der Waals surface area contributed by atoms with Crippen molar-refractivity contribution in [1.82, 2.24) is 5.32 Å². The molecule has 80 valence electrons. The number of amides is 1. The molecule has 0 aliphatic rings. The molecule has 1 aromatic carbocycles. The van der Waals surface area contributed by atoms with E-state index in [9.17, 15) is 4.79 Å². The van der Waals surface area contributed by atoms with E-state index in [4.69, 9.17) is 5.73 Å². The quantitative estimate of drug-likeness (QED) is 0.819. The van der Waals surface area contributed by atoms with Crippen molar-refractivity contribution in [2.45, 2.75) is 6.42 Å². The predicted octanol–water partition coefficient (Wildman–Crippen LogP) is 1.84. The fourth-order valence-corrected chi connectivity index (χ4v) is 1.29. The van der Waals surface area contributed by atoms with Crippen molar-refractivity contribution in [2.75, 3.05) is 12.3 Å². The third kappa shape index (κ3) is 4.65. The van der Waals surface area contributed by atoms with Gasteiger partial charge in [0.15, 0.2) is 0 Å². The lowest BCUT2D eigenvalue weighted by Gasteiger charge is -2.04. The molecule has 0 aliphatic carbocycles. The lowest BCUT2D eigenvalue weighted by atomic mass is 10.1. The van der Waals surface area contributed by atoms with E-state index in [1.807, 2.05) is 12.1 Å². The van der Waals surface area contributed by atoms with Crippen LogP contribution >= 0.6 is 15.9 Å². The number of nitrogens with one attached hydrogen (secondary N) is 1. The number of carbonyl (C=O) groups is 1. The molecular weight excluding hydrogens is 256 g/mol. The first-order chi connectivity index (χ1) is 7.08. The number of anilines is 1. The Hall–Kier alpha value is -1.29. The van der Waals surface area contributed by atoms with Gasteiger partial charge in [-0.1, -0.05) is 34.6 Å². The van der Waals surface area contributed by atoms with Gasteiger partial charge in [-0.25, -0.2) is 0 Å². The van der Waals surface area contributed by atoms with Crippen LogP contribution in [0, 0.1) is 0 Å². The molecule has 0 atom stereocenters. The number of rotatable bonds is 4. The highest BCUT2D eigenvalue weighted by molar-refractivity contribution is 9.11. The van der Waals surface area contributed by atoms with E-state index in [0.29, 0.717) is 18.7 Å². The highest BCUT2D eigenvalue weighted by atomic mass is 79.9. The third-order valence-corrected chi connectivity index (χ3v) is 2.07. The topological polar surface area (TPSA) is 55.1 Å². The lowest BCUT2D eigenvalue weighted by Crippen LogP contribution is -2.26. The van der Waals surface area contributed by atoms with Gasteiger partial charge in [-0.3, -0.25) is 4.79 Å². The van der Waals surface area contributed by atoms with Crippen LogP contribution in [-0.4, -0.2) is 12.5 Å². The molecule has 0 unspecified atom stereocenters. The second kappa shape index (κ2) is 5.56. The maximum Gasteiger partial charge on any atom is 0.224 e. The molecule has 0 spiro atoms. The first-order valence-corrected chi connectivity index (χ1v) is 5.31. The standard InChI is InChI=1S/C11H13BrN2O/c1-8(12)7-14-11(15)6-9-3-2-4-10(13)5-9/h2-5H,1,6-7,13H2,(H,14,15). The summed E-state index contributed by atoms with van der Waals surface area (Å²) in [6, 6.07) is 7.30. The Morgan fingerprint density at radius 3 is 2.87 bits per heavy atom. The number of nitrogen functional groups attached to an aromatic ring is 1. The minimum Gasteiger partial charge on any atom is -0.399 e. The molecule has 1 rings (SSSR count). The monoisotopic (exact) mass is 268 g/mol. The van der Waals surface area contributed by atoms with E-state index in [-0.39, 0.29) is 5.91 Å². The second-order valence-corrected chi connectivity index (χ2v) is 4.34. The van der Waals surface area contributed by atoms with E-state index < -0.39 is 0 Å². The van der Waals surface area contributed by atoms with Crippen LogP contribution in [0.25, 0.3) is 0 Å². The smallest absolute Gasteiger partial charge is 0.224 e. The normalized spacial score (nSPS) is 9.67. The zero-order valence-corrected chi connectivity index (χ0v) is 9.88. The number of carbonyl (C=O) groups excluding carboxylic acids is 1. The number of hydrogen-bond donors (Lipinski definition) is 2. The largest absolute Gasteiger partial charge is 0.399 e. The Balaban J connectivity index is 2.48. The van der Waals surface area contributed by atoms with Crippen LogP contribution in [0.3, 0.4) is 0 Å². The maximum absolute atomic E-state index is 11.4. The molecular formula is C11H13BrN2O. The van der Waals surface area contributed by atoms with E-state index in [1.165, 1.54) is 0 Å². The zero-order valence-electron chi connectivity index (χ0n) is 8.29. The molecule has 3 nitrogen and oxygen atoms in total. The molecule has 3 N–H and O–H groups in total. The summed E-state index contributed by atoms with van der Waals surface area (Å²) in [6.07, 6.45) is 0.339. The van der Waals surface area contributed by atoms with Gasteiger partial charge in [0.1, 0.15) is 0 Å². The van der Waals surface area contributed by atoms with Crippen LogP contribution in [0.5, 0.6) is 0 Å². The number of benzene rings is 1. The van der Waals surface area contributed by atoms with Gasteiger partial charge >= 0.3 is 0 Å².